The lowest BCUT2D eigenvalue weighted by Gasteiger charge is -2.33. The van der Waals surface area contributed by atoms with Gasteiger partial charge >= 0.3 is 5.09 Å². The predicted molar refractivity (Wildman–Crippen MR) is 51.9 cm³/mol. The smallest absolute Gasteiger partial charge is 0.313 e. The Bertz CT molecular complexity index is 265. The molecule has 6 nitrogen and oxygen atoms in total. The van der Waals surface area contributed by atoms with Crippen LogP contribution in [0.4, 0.5) is 0 Å². The van der Waals surface area contributed by atoms with Crippen molar-refractivity contribution in [3.05, 3.63) is 4.91 Å². The molecule has 0 aromatic carbocycles. The van der Waals surface area contributed by atoms with Crippen LogP contribution in [0.15, 0.2) is 0 Å². The molecule has 1 atom stereocenters. The van der Waals surface area contributed by atoms with Crippen molar-refractivity contribution < 1.29 is 20.0 Å². The summed E-state index contributed by atoms with van der Waals surface area (Å²) < 4.78 is 0. The van der Waals surface area contributed by atoms with E-state index < -0.39 is 17.2 Å². The van der Waals surface area contributed by atoms with E-state index in [1.54, 1.807) is 0 Å². The molecule has 0 radical (unpaired) electrons. The first-order chi connectivity index (χ1) is 6.71. The van der Waals surface area contributed by atoms with Gasteiger partial charge in [-0.1, -0.05) is 0 Å². The SMILES string of the molecule is CO[N+](=O)OC1CC(C)(C)N(O)C1(C)C. The molecule has 0 spiro atoms. The Morgan fingerprint density at radius 1 is 1.40 bits per heavy atom. The van der Waals surface area contributed by atoms with Crippen LogP contribution in [0.1, 0.15) is 34.1 Å². The molecular formula is C9H19N2O4+. The van der Waals surface area contributed by atoms with Crippen LogP contribution in [-0.4, -0.2) is 39.6 Å². The molecule has 0 saturated carbocycles. The molecule has 15 heavy (non-hydrogen) atoms. The highest BCUT2D eigenvalue weighted by atomic mass is 17.0. The van der Waals surface area contributed by atoms with Crippen LogP contribution in [0, 0.1) is 4.91 Å². The summed E-state index contributed by atoms with van der Waals surface area (Å²) in [5.74, 6) is 0. The lowest BCUT2D eigenvalue weighted by atomic mass is 9.97. The molecule has 1 rings (SSSR count). The van der Waals surface area contributed by atoms with E-state index in [-0.39, 0.29) is 5.09 Å². The van der Waals surface area contributed by atoms with E-state index in [0.717, 1.165) is 0 Å². The Morgan fingerprint density at radius 2 is 1.93 bits per heavy atom. The molecule has 1 N–H and O–H groups in total. The first-order valence-electron chi connectivity index (χ1n) is 4.89. The second-order valence-electron chi connectivity index (χ2n) is 4.98. The largest absolute Gasteiger partial charge is 0.477 e. The number of rotatable bonds is 3. The van der Waals surface area contributed by atoms with E-state index in [2.05, 4.69) is 4.84 Å². The van der Waals surface area contributed by atoms with E-state index in [1.807, 2.05) is 27.7 Å². The normalized spacial score (nSPS) is 28.8. The lowest BCUT2D eigenvalue weighted by Crippen LogP contribution is -2.49. The van der Waals surface area contributed by atoms with Gasteiger partial charge in [0.25, 0.3) is 0 Å². The summed E-state index contributed by atoms with van der Waals surface area (Å²) >= 11 is 0. The van der Waals surface area contributed by atoms with E-state index in [9.17, 15) is 10.1 Å². The molecule has 1 aliphatic heterocycles. The summed E-state index contributed by atoms with van der Waals surface area (Å²) in [6.07, 6.45) is 0.147. The first-order valence-corrected chi connectivity index (χ1v) is 4.89. The Balaban J connectivity index is 2.80. The van der Waals surface area contributed by atoms with Gasteiger partial charge in [0.15, 0.2) is 7.11 Å². The molecule has 0 aromatic heterocycles. The Morgan fingerprint density at radius 3 is 2.27 bits per heavy atom. The third kappa shape index (κ3) is 2.05. The molecule has 1 saturated heterocycles. The van der Waals surface area contributed by atoms with Gasteiger partial charge < -0.3 is 5.21 Å². The minimum absolute atomic E-state index is 0.0711. The quantitative estimate of drug-likeness (QED) is 0.724. The second-order valence-corrected chi connectivity index (χ2v) is 4.98. The molecule has 1 fully saturated rings. The maximum atomic E-state index is 10.9. The van der Waals surface area contributed by atoms with Crippen molar-refractivity contribution in [2.24, 2.45) is 0 Å². The number of hydroxylamine groups is 2. The van der Waals surface area contributed by atoms with Crippen molar-refractivity contribution >= 4 is 0 Å². The van der Waals surface area contributed by atoms with Crippen molar-refractivity contribution in [1.82, 2.24) is 5.06 Å². The van der Waals surface area contributed by atoms with Crippen LogP contribution in [0.2, 0.25) is 0 Å². The fraction of sp³-hybridized carbons (Fsp3) is 1.00. The molecule has 1 heterocycles. The van der Waals surface area contributed by atoms with Crippen molar-refractivity contribution in [2.45, 2.75) is 51.3 Å². The number of nitrogens with zero attached hydrogens (tertiary/aromatic N) is 2. The average Bonchev–Trinajstić information content (AvgIpc) is 2.27. The zero-order chi connectivity index (χ0) is 11.9. The van der Waals surface area contributed by atoms with E-state index >= 15 is 0 Å². The van der Waals surface area contributed by atoms with E-state index in [0.29, 0.717) is 6.42 Å². The highest BCUT2D eigenvalue weighted by Crippen LogP contribution is 2.40. The summed E-state index contributed by atoms with van der Waals surface area (Å²) in [5.41, 5.74) is -1.03. The Kier molecular flexibility index (Phi) is 2.93. The van der Waals surface area contributed by atoms with Crippen LogP contribution in [0.25, 0.3) is 0 Å². The third-order valence-electron chi connectivity index (χ3n) is 2.95. The van der Waals surface area contributed by atoms with Crippen LogP contribution >= 0.6 is 0 Å². The monoisotopic (exact) mass is 219 g/mol. The minimum atomic E-state index is -0.620. The Labute approximate surface area is 89.2 Å². The van der Waals surface area contributed by atoms with E-state index in [1.165, 1.54) is 12.2 Å². The van der Waals surface area contributed by atoms with Gasteiger partial charge in [-0.15, -0.1) is 0 Å². The van der Waals surface area contributed by atoms with Crippen LogP contribution in [0.5, 0.6) is 0 Å². The molecule has 1 unspecified atom stereocenters. The first kappa shape index (κ1) is 12.2. The summed E-state index contributed by atoms with van der Waals surface area (Å²) in [7, 11) is 1.23. The number of hydrogen-bond acceptors (Lipinski definition) is 5. The highest BCUT2D eigenvalue weighted by Gasteiger charge is 2.56. The maximum Gasteiger partial charge on any atom is 0.477 e. The topological polar surface area (TPSA) is 62.0 Å². The average molecular weight is 219 g/mol. The van der Waals surface area contributed by atoms with Gasteiger partial charge in [0.2, 0.25) is 6.10 Å². The molecule has 88 valence electrons. The summed E-state index contributed by atoms with van der Waals surface area (Å²) in [6, 6.07) is 0. The fourth-order valence-corrected chi connectivity index (χ4v) is 2.02. The summed E-state index contributed by atoms with van der Waals surface area (Å²) in [6.45, 7) is 7.41. The number of hydrogen-bond donors (Lipinski definition) is 1. The molecule has 0 bridgehead atoms. The van der Waals surface area contributed by atoms with Crippen molar-refractivity contribution in [1.29, 1.82) is 0 Å². The van der Waals surface area contributed by atoms with Gasteiger partial charge in [-0.25, -0.2) is 0 Å². The van der Waals surface area contributed by atoms with E-state index in [4.69, 9.17) is 4.84 Å². The second kappa shape index (κ2) is 3.61. The summed E-state index contributed by atoms with van der Waals surface area (Å²) in [5, 5.41) is 11.2. The van der Waals surface area contributed by atoms with Crippen LogP contribution < -0.4 is 0 Å². The fourth-order valence-electron chi connectivity index (χ4n) is 2.02. The standard InChI is InChI=1S/C9H19N2O4/c1-8(2)6-7(15-11(13)14-5)9(3,4)10(8)12/h7,12H,6H2,1-5H3/q+1. The Hall–Kier alpha value is -0.880. The van der Waals surface area contributed by atoms with Gasteiger partial charge in [0.1, 0.15) is 4.91 Å². The molecule has 0 aliphatic carbocycles. The molecule has 0 aromatic rings. The lowest BCUT2D eigenvalue weighted by molar-refractivity contribution is -0.983. The highest BCUT2D eigenvalue weighted by molar-refractivity contribution is 5.02. The van der Waals surface area contributed by atoms with Gasteiger partial charge in [0.05, 0.1) is 5.54 Å². The molecule has 6 heteroatoms. The van der Waals surface area contributed by atoms with Gasteiger partial charge in [-0.05, 0) is 27.7 Å². The van der Waals surface area contributed by atoms with Crippen molar-refractivity contribution in [3.8, 4) is 0 Å². The molecule has 0 amide bonds. The van der Waals surface area contributed by atoms with Gasteiger partial charge in [0, 0.05) is 12.0 Å². The zero-order valence-corrected chi connectivity index (χ0v) is 9.85. The maximum absolute atomic E-state index is 10.9. The minimum Gasteiger partial charge on any atom is -0.313 e. The summed E-state index contributed by atoms with van der Waals surface area (Å²) in [4.78, 5) is 20.3. The molecule has 1 aliphatic rings. The van der Waals surface area contributed by atoms with Crippen molar-refractivity contribution in [3.63, 3.8) is 0 Å². The van der Waals surface area contributed by atoms with Gasteiger partial charge in [-0.3, -0.25) is 0 Å². The van der Waals surface area contributed by atoms with Crippen LogP contribution in [0.3, 0.4) is 0 Å². The van der Waals surface area contributed by atoms with Crippen LogP contribution in [-0.2, 0) is 9.68 Å². The molecular weight excluding hydrogens is 200 g/mol. The zero-order valence-electron chi connectivity index (χ0n) is 9.85. The van der Waals surface area contributed by atoms with Crippen molar-refractivity contribution in [2.75, 3.05) is 7.11 Å². The van der Waals surface area contributed by atoms with Gasteiger partial charge in [-0.2, -0.15) is 14.7 Å². The predicted octanol–water partition coefficient (Wildman–Crippen LogP) is 1.28. The third-order valence-corrected chi connectivity index (χ3v) is 2.95.